The van der Waals surface area contributed by atoms with E-state index in [0.29, 0.717) is 24.5 Å². The second-order valence-electron chi connectivity index (χ2n) is 5.00. The van der Waals surface area contributed by atoms with Gasteiger partial charge in [0.15, 0.2) is 0 Å². The van der Waals surface area contributed by atoms with Crippen molar-refractivity contribution in [2.75, 3.05) is 28.9 Å². The van der Waals surface area contributed by atoms with E-state index in [1.165, 1.54) is 13.0 Å². The molecule has 0 aliphatic heterocycles. The van der Waals surface area contributed by atoms with Crippen molar-refractivity contribution in [3.05, 3.63) is 24.3 Å². The van der Waals surface area contributed by atoms with Gasteiger partial charge in [-0.05, 0) is 32.0 Å². The highest BCUT2D eigenvalue weighted by Crippen LogP contribution is 2.16. The maximum Gasteiger partial charge on any atom is 0.233 e. The molecule has 8 heteroatoms. The Morgan fingerprint density at radius 2 is 1.74 bits per heavy atom. The van der Waals surface area contributed by atoms with Gasteiger partial charge in [-0.1, -0.05) is 6.07 Å². The van der Waals surface area contributed by atoms with Crippen LogP contribution in [0.5, 0.6) is 0 Å². The largest absolute Gasteiger partial charge is 0.343 e. The van der Waals surface area contributed by atoms with Gasteiger partial charge in [0.1, 0.15) is 0 Å². The minimum absolute atomic E-state index is 0.0671. The van der Waals surface area contributed by atoms with Crippen molar-refractivity contribution in [1.82, 2.24) is 4.90 Å². The molecule has 0 saturated carbocycles. The lowest BCUT2D eigenvalue weighted by Gasteiger charge is -2.18. The molecule has 2 N–H and O–H groups in total. The van der Waals surface area contributed by atoms with Gasteiger partial charge in [-0.15, -0.1) is 0 Å². The van der Waals surface area contributed by atoms with Crippen LogP contribution in [0.1, 0.15) is 27.2 Å². The number of sulfonamides is 1. The Morgan fingerprint density at radius 3 is 2.30 bits per heavy atom. The molecule has 0 spiro atoms. The zero-order valence-electron chi connectivity index (χ0n) is 13.6. The number of nitrogens with one attached hydrogen (secondary N) is 2. The van der Waals surface area contributed by atoms with Crippen LogP contribution in [0, 0.1) is 0 Å². The Hall–Kier alpha value is -2.09. The first-order valence-corrected chi connectivity index (χ1v) is 9.08. The molecular weight excluding hydrogens is 318 g/mol. The van der Waals surface area contributed by atoms with Crippen molar-refractivity contribution in [3.8, 4) is 0 Å². The number of nitrogens with zero attached hydrogens (tertiary/aromatic N) is 1. The van der Waals surface area contributed by atoms with E-state index in [1.54, 1.807) is 23.1 Å². The van der Waals surface area contributed by atoms with E-state index >= 15 is 0 Å². The van der Waals surface area contributed by atoms with Gasteiger partial charge < -0.3 is 10.2 Å². The van der Waals surface area contributed by atoms with Crippen LogP contribution in [0.2, 0.25) is 0 Å². The van der Waals surface area contributed by atoms with E-state index in [2.05, 4.69) is 10.0 Å². The Balaban J connectivity index is 2.68. The van der Waals surface area contributed by atoms with Gasteiger partial charge in [-0.25, -0.2) is 8.42 Å². The number of hydrogen-bond donors (Lipinski definition) is 2. The molecule has 1 aromatic carbocycles. The predicted molar refractivity (Wildman–Crippen MR) is 90.7 cm³/mol. The van der Waals surface area contributed by atoms with Crippen LogP contribution in [-0.2, 0) is 19.6 Å². The molecule has 23 heavy (non-hydrogen) atoms. The molecule has 0 aromatic heterocycles. The molecule has 0 saturated heterocycles. The molecule has 2 amide bonds. The summed E-state index contributed by atoms with van der Waals surface area (Å²) in [4.78, 5) is 24.5. The van der Waals surface area contributed by atoms with Crippen LogP contribution < -0.4 is 10.0 Å². The monoisotopic (exact) mass is 341 g/mol. The average Bonchev–Trinajstić information content (AvgIpc) is 2.45. The fourth-order valence-electron chi connectivity index (χ4n) is 2.05. The van der Waals surface area contributed by atoms with Gasteiger partial charge in [0.25, 0.3) is 0 Å². The van der Waals surface area contributed by atoms with Crippen LogP contribution >= 0.6 is 0 Å². The quantitative estimate of drug-likeness (QED) is 0.751. The molecular formula is C15H23N3O4S. The van der Waals surface area contributed by atoms with Gasteiger partial charge in [-0.3, -0.25) is 14.3 Å². The number of carbonyl (C=O) groups is 2. The van der Waals surface area contributed by atoms with E-state index in [9.17, 15) is 18.0 Å². The summed E-state index contributed by atoms with van der Waals surface area (Å²) in [7, 11) is -3.64. The van der Waals surface area contributed by atoms with Gasteiger partial charge in [0, 0.05) is 32.1 Å². The SMILES string of the molecule is CCN(CC)C(=O)CCS(=O)(=O)Nc1cccc(NC(C)=O)c1. The summed E-state index contributed by atoms with van der Waals surface area (Å²) in [5.41, 5.74) is 0.837. The summed E-state index contributed by atoms with van der Waals surface area (Å²) in [5.74, 6) is -0.714. The van der Waals surface area contributed by atoms with E-state index in [1.807, 2.05) is 13.8 Å². The number of benzene rings is 1. The number of carbonyl (C=O) groups excluding carboxylic acids is 2. The average molecular weight is 341 g/mol. The highest BCUT2D eigenvalue weighted by Gasteiger charge is 2.16. The molecule has 0 radical (unpaired) electrons. The molecule has 0 atom stereocenters. The summed E-state index contributed by atoms with van der Waals surface area (Å²) in [6.07, 6.45) is -0.0671. The lowest BCUT2D eigenvalue weighted by molar-refractivity contribution is -0.130. The summed E-state index contributed by atoms with van der Waals surface area (Å²) in [6.45, 7) is 6.18. The van der Waals surface area contributed by atoms with E-state index in [-0.39, 0.29) is 24.0 Å². The third-order valence-corrected chi connectivity index (χ3v) is 4.45. The highest BCUT2D eigenvalue weighted by atomic mass is 32.2. The molecule has 0 bridgehead atoms. The zero-order chi connectivity index (χ0) is 17.5. The smallest absolute Gasteiger partial charge is 0.233 e. The van der Waals surface area contributed by atoms with E-state index < -0.39 is 10.0 Å². The second kappa shape index (κ2) is 8.52. The minimum atomic E-state index is -3.64. The molecule has 0 aliphatic carbocycles. The summed E-state index contributed by atoms with van der Waals surface area (Å²) in [6, 6.07) is 6.38. The van der Waals surface area contributed by atoms with Crippen molar-refractivity contribution in [1.29, 1.82) is 0 Å². The van der Waals surface area contributed by atoms with Crippen LogP contribution in [0.25, 0.3) is 0 Å². The van der Waals surface area contributed by atoms with Crippen molar-refractivity contribution in [3.63, 3.8) is 0 Å². The topological polar surface area (TPSA) is 95.6 Å². The maximum atomic E-state index is 12.1. The van der Waals surface area contributed by atoms with E-state index in [0.717, 1.165) is 0 Å². The summed E-state index contributed by atoms with van der Waals surface area (Å²) in [5, 5.41) is 2.58. The van der Waals surface area contributed by atoms with Crippen LogP contribution in [0.4, 0.5) is 11.4 Å². The van der Waals surface area contributed by atoms with E-state index in [4.69, 9.17) is 0 Å². The van der Waals surface area contributed by atoms with Gasteiger partial charge in [-0.2, -0.15) is 0 Å². The molecule has 7 nitrogen and oxygen atoms in total. The Morgan fingerprint density at radius 1 is 1.13 bits per heavy atom. The molecule has 0 unspecified atom stereocenters. The van der Waals surface area contributed by atoms with Crippen LogP contribution in [0.15, 0.2) is 24.3 Å². The third kappa shape index (κ3) is 6.68. The molecule has 0 fully saturated rings. The number of amides is 2. The summed E-state index contributed by atoms with van der Waals surface area (Å²) >= 11 is 0. The van der Waals surface area contributed by atoms with Crippen molar-refractivity contribution in [2.45, 2.75) is 27.2 Å². The fourth-order valence-corrected chi connectivity index (χ4v) is 3.08. The fraction of sp³-hybridized carbons (Fsp3) is 0.467. The standard InChI is InChI=1S/C15H23N3O4S/c1-4-18(5-2)15(20)9-10-23(21,22)17-14-8-6-7-13(11-14)16-12(3)19/h6-8,11,17H,4-5,9-10H2,1-3H3,(H,16,19). The third-order valence-electron chi connectivity index (χ3n) is 3.16. The summed E-state index contributed by atoms with van der Waals surface area (Å²) < 4.78 is 26.5. The van der Waals surface area contributed by atoms with Gasteiger partial charge >= 0.3 is 0 Å². The Labute approximate surface area is 137 Å². The lowest BCUT2D eigenvalue weighted by atomic mass is 10.3. The molecule has 1 rings (SSSR count). The lowest BCUT2D eigenvalue weighted by Crippen LogP contribution is -2.32. The Kier molecular flexibility index (Phi) is 7.02. The molecule has 0 heterocycles. The van der Waals surface area contributed by atoms with Gasteiger partial charge in [0.05, 0.1) is 11.4 Å². The molecule has 128 valence electrons. The Bertz CT molecular complexity index is 654. The maximum absolute atomic E-state index is 12.1. The van der Waals surface area contributed by atoms with Crippen molar-refractivity contribution >= 4 is 33.2 Å². The van der Waals surface area contributed by atoms with Crippen LogP contribution in [0.3, 0.4) is 0 Å². The minimum Gasteiger partial charge on any atom is -0.343 e. The van der Waals surface area contributed by atoms with Crippen molar-refractivity contribution in [2.24, 2.45) is 0 Å². The number of rotatable bonds is 8. The molecule has 1 aromatic rings. The predicted octanol–water partition coefficient (Wildman–Crippen LogP) is 1.65. The van der Waals surface area contributed by atoms with Crippen LogP contribution in [-0.4, -0.2) is 44.0 Å². The highest BCUT2D eigenvalue weighted by molar-refractivity contribution is 7.92. The number of hydrogen-bond acceptors (Lipinski definition) is 4. The van der Waals surface area contributed by atoms with Crippen molar-refractivity contribution < 1.29 is 18.0 Å². The first-order chi connectivity index (χ1) is 10.8. The second-order valence-corrected chi connectivity index (χ2v) is 6.84. The van der Waals surface area contributed by atoms with Gasteiger partial charge in [0.2, 0.25) is 21.8 Å². The molecule has 0 aliphatic rings. The zero-order valence-corrected chi connectivity index (χ0v) is 14.4. The number of anilines is 2. The normalized spacial score (nSPS) is 10.9. The first kappa shape index (κ1) is 19.0. The first-order valence-electron chi connectivity index (χ1n) is 7.43.